The Kier molecular flexibility index (Phi) is 1.90. The maximum Gasteiger partial charge on any atom is 0.259 e. The molecule has 0 radical (unpaired) electrons. The molecule has 2 N–H and O–H groups in total. The van der Waals surface area contributed by atoms with Gasteiger partial charge >= 0.3 is 0 Å². The Morgan fingerprint density at radius 3 is 3.33 bits per heavy atom. The Hall–Kier alpha value is -1.20. The van der Waals surface area contributed by atoms with Crippen molar-refractivity contribution in [3.63, 3.8) is 0 Å². The molecule has 2 heterocycles. The van der Waals surface area contributed by atoms with Crippen molar-refractivity contribution in [3.05, 3.63) is 27.1 Å². The molecule has 1 aliphatic carbocycles. The van der Waals surface area contributed by atoms with E-state index in [-0.39, 0.29) is 11.7 Å². The van der Waals surface area contributed by atoms with E-state index in [1.54, 1.807) is 0 Å². The third-order valence-corrected chi connectivity index (χ3v) is 3.99. The van der Waals surface area contributed by atoms with E-state index in [1.165, 1.54) is 17.7 Å². The molecule has 0 spiro atoms. The fraction of sp³-hybridized carbons (Fsp3) is 0.400. The summed E-state index contributed by atoms with van der Waals surface area (Å²) in [4.78, 5) is 20.3. The summed E-state index contributed by atoms with van der Waals surface area (Å²) in [7, 11) is 0. The average Bonchev–Trinajstić information content (AvgIpc) is 2.56. The maximum absolute atomic E-state index is 11.6. The van der Waals surface area contributed by atoms with Gasteiger partial charge in [-0.25, -0.2) is 4.98 Å². The van der Waals surface area contributed by atoms with Gasteiger partial charge in [-0.1, -0.05) is 0 Å². The van der Waals surface area contributed by atoms with Gasteiger partial charge in [-0.05, 0) is 18.4 Å². The summed E-state index contributed by atoms with van der Waals surface area (Å²) in [6.07, 6.45) is 3.36. The maximum atomic E-state index is 11.6. The normalized spacial score (nSPS) is 20.5. The number of H-pyrrole nitrogens is 1. The third-order valence-electron chi connectivity index (χ3n) is 2.83. The molecule has 1 unspecified atom stereocenters. The van der Waals surface area contributed by atoms with Crippen LogP contribution >= 0.6 is 11.3 Å². The standard InChI is InChI=1S/C10H10N2O2S/c13-5-1-2-6-7(3-5)15-10-8(6)9(14)11-4-12-10/h4-5,13H,1-3H2,(H,11,12,14). The van der Waals surface area contributed by atoms with Crippen molar-refractivity contribution >= 4 is 21.6 Å². The zero-order chi connectivity index (χ0) is 10.4. The molecule has 0 aromatic carbocycles. The second-order valence-corrected chi connectivity index (χ2v) is 4.90. The number of nitrogens with zero attached hydrogens (tertiary/aromatic N) is 1. The monoisotopic (exact) mass is 222 g/mol. The molecule has 15 heavy (non-hydrogen) atoms. The van der Waals surface area contributed by atoms with Gasteiger partial charge < -0.3 is 10.1 Å². The molecule has 78 valence electrons. The SMILES string of the molecule is O=c1[nH]cnc2sc3c(c12)CCC(O)C3. The molecule has 0 aliphatic heterocycles. The number of hydrogen-bond acceptors (Lipinski definition) is 4. The average molecular weight is 222 g/mol. The van der Waals surface area contributed by atoms with E-state index in [1.807, 2.05) is 0 Å². The molecule has 0 amide bonds. The second kappa shape index (κ2) is 3.15. The minimum Gasteiger partial charge on any atom is -0.393 e. The molecule has 2 aromatic heterocycles. The van der Waals surface area contributed by atoms with Gasteiger partial charge in [0.15, 0.2) is 0 Å². The first-order valence-corrected chi connectivity index (χ1v) is 5.73. The summed E-state index contributed by atoms with van der Waals surface area (Å²) < 4.78 is 0. The van der Waals surface area contributed by atoms with Crippen molar-refractivity contribution in [1.29, 1.82) is 0 Å². The van der Waals surface area contributed by atoms with Gasteiger partial charge in [-0.3, -0.25) is 4.79 Å². The zero-order valence-electron chi connectivity index (χ0n) is 7.99. The first kappa shape index (κ1) is 9.06. The molecule has 3 rings (SSSR count). The number of aryl methyl sites for hydroxylation is 1. The Morgan fingerprint density at radius 2 is 2.47 bits per heavy atom. The second-order valence-electron chi connectivity index (χ2n) is 3.81. The van der Waals surface area contributed by atoms with Crippen LogP contribution in [0.4, 0.5) is 0 Å². The van der Waals surface area contributed by atoms with Gasteiger partial charge in [0, 0.05) is 11.3 Å². The van der Waals surface area contributed by atoms with Crippen LogP contribution in [0.3, 0.4) is 0 Å². The number of thiophene rings is 1. The summed E-state index contributed by atoms with van der Waals surface area (Å²) in [5, 5.41) is 10.3. The van der Waals surface area contributed by atoms with Crippen LogP contribution < -0.4 is 5.56 Å². The lowest BCUT2D eigenvalue weighted by molar-refractivity contribution is 0.160. The number of aliphatic hydroxyl groups is 1. The number of aliphatic hydroxyl groups excluding tert-OH is 1. The Morgan fingerprint density at radius 1 is 1.60 bits per heavy atom. The fourth-order valence-electron chi connectivity index (χ4n) is 2.10. The summed E-state index contributed by atoms with van der Waals surface area (Å²) >= 11 is 1.53. The minimum absolute atomic E-state index is 0.0612. The zero-order valence-corrected chi connectivity index (χ0v) is 8.80. The quantitative estimate of drug-likeness (QED) is 0.694. The van der Waals surface area contributed by atoms with E-state index in [2.05, 4.69) is 9.97 Å². The highest BCUT2D eigenvalue weighted by Gasteiger charge is 2.22. The van der Waals surface area contributed by atoms with Gasteiger partial charge in [0.25, 0.3) is 5.56 Å². The molecule has 0 saturated heterocycles. The number of nitrogens with one attached hydrogen (secondary N) is 1. The van der Waals surface area contributed by atoms with Gasteiger partial charge in [0.05, 0.1) is 17.8 Å². The Bertz CT molecular complexity index is 572. The Balaban J connectivity index is 2.34. The van der Waals surface area contributed by atoms with E-state index >= 15 is 0 Å². The molecular formula is C10H10N2O2S. The van der Waals surface area contributed by atoms with Gasteiger partial charge in [0.1, 0.15) is 4.83 Å². The molecule has 4 nitrogen and oxygen atoms in total. The number of aromatic nitrogens is 2. The molecule has 0 fully saturated rings. The number of hydrogen-bond donors (Lipinski definition) is 2. The molecule has 1 aliphatic rings. The molecule has 2 aromatic rings. The predicted molar refractivity (Wildman–Crippen MR) is 58.3 cm³/mol. The summed E-state index contributed by atoms with van der Waals surface area (Å²) in [6.45, 7) is 0. The lowest BCUT2D eigenvalue weighted by Gasteiger charge is -2.16. The van der Waals surface area contributed by atoms with E-state index < -0.39 is 0 Å². The van der Waals surface area contributed by atoms with Crippen LogP contribution in [-0.4, -0.2) is 21.2 Å². The third kappa shape index (κ3) is 1.31. The number of aromatic amines is 1. The summed E-state index contributed by atoms with van der Waals surface area (Å²) in [5.41, 5.74) is 1.03. The van der Waals surface area contributed by atoms with Gasteiger partial charge in [0.2, 0.25) is 0 Å². The van der Waals surface area contributed by atoms with E-state index in [0.717, 1.165) is 33.5 Å². The van der Waals surface area contributed by atoms with E-state index in [4.69, 9.17) is 0 Å². The highest BCUT2D eigenvalue weighted by molar-refractivity contribution is 7.18. The topological polar surface area (TPSA) is 66.0 Å². The largest absolute Gasteiger partial charge is 0.393 e. The highest BCUT2D eigenvalue weighted by atomic mass is 32.1. The van der Waals surface area contributed by atoms with Gasteiger partial charge in [-0.15, -0.1) is 11.3 Å². The number of fused-ring (bicyclic) bond motifs is 3. The van der Waals surface area contributed by atoms with Crippen LogP contribution in [0.5, 0.6) is 0 Å². The van der Waals surface area contributed by atoms with Crippen molar-refractivity contribution in [2.75, 3.05) is 0 Å². The number of rotatable bonds is 0. The van der Waals surface area contributed by atoms with Crippen molar-refractivity contribution < 1.29 is 5.11 Å². The predicted octanol–water partition coefficient (Wildman–Crippen LogP) is 0.834. The molecular weight excluding hydrogens is 212 g/mol. The van der Waals surface area contributed by atoms with Crippen molar-refractivity contribution in [1.82, 2.24) is 9.97 Å². The molecule has 5 heteroatoms. The Labute approximate surface area is 89.6 Å². The van der Waals surface area contributed by atoms with Crippen LogP contribution in [0.15, 0.2) is 11.1 Å². The van der Waals surface area contributed by atoms with Crippen LogP contribution in [0.1, 0.15) is 16.9 Å². The van der Waals surface area contributed by atoms with Crippen LogP contribution in [0, 0.1) is 0 Å². The van der Waals surface area contributed by atoms with Crippen LogP contribution in [0.2, 0.25) is 0 Å². The van der Waals surface area contributed by atoms with Crippen molar-refractivity contribution in [2.24, 2.45) is 0 Å². The lowest BCUT2D eigenvalue weighted by atomic mass is 9.95. The lowest BCUT2D eigenvalue weighted by Crippen LogP contribution is -2.18. The fourth-order valence-corrected chi connectivity index (χ4v) is 3.36. The summed E-state index contributed by atoms with van der Waals surface area (Å²) in [6, 6.07) is 0. The van der Waals surface area contributed by atoms with Crippen molar-refractivity contribution in [2.45, 2.75) is 25.4 Å². The van der Waals surface area contributed by atoms with Crippen molar-refractivity contribution in [3.8, 4) is 0 Å². The van der Waals surface area contributed by atoms with Crippen LogP contribution in [0.25, 0.3) is 10.2 Å². The summed E-state index contributed by atoms with van der Waals surface area (Å²) in [5.74, 6) is 0. The minimum atomic E-state index is -0.260. The highest BCUT2D eigenvalue weighted by Crippen LogP contribution is 2.33. The smallest absolute Gasteiger partial charge is 0.259 e. The molecule has 0 bridgehead atoms. The van der Waals surface area contributed by atoms with E-state index in [9.17, 15) is 9.90 Å². The molecule has 1 atom stereocenters. The first-order valence-electron chi connectivity index (χ1n) is 4.91. The van der Waals surface area contributed by atoms with Crippen LogP contribution in [-0.2, 0) is 12.8 Å². The first-order chi connectivity index (χ1) is 7.25. The molecule has 0 saturated carbocycles. The van der Waals surface area contributed by atoms with Gasteiger partial charge in [-0.2, -0.15) is 0 Å². The van der Waals surface area contributed by atoms with E-state index in [0.29, 0.717) is 6.42 Å².